The lowest BCUT2D eigenvalue weighted by Gasteiger charge is -2.25. The first kappa shape index (κ1) is 28.7. The molecule has 3 aromatic rings. The summed E-state index contributed by atoms with van der Waals surface area (Å²) >= 11 is 0. The normalized spacial score (nSPS) is 14.5. The molecule has 2 heterocycles. The van der Waals surface area contributed by atoms with Crippen molar-refractivity contribution in [2.45, 2.75) is 17.2 Å². The second kappa shape index (κ2) is 12.7. The van der Waals surface area contributed by atoms with Gasteiger partial charge in [0.1, 0.15) is 5.75 Å². The smallest absolute Gasteiger partial charge is 0.276 e. The van der Waals surface area contributed by atoms with Crippen LogP contribution in [0.2, 0.25) is 0 Å². The maximum atomic E-state index is 13.9. The molecule has 1 saturated heterocycles. The van der Waals surface area contributed by atoms with Crippen molar-refractivity contribution in [1.29, 1.82) is 0 Å². The van der Waals surface area contributed by atoms with Gasteiger partial charge in [0, 0.05) is 37.1 Å². The van der Waals surface area contributed by atoms with Crippen molar-refractivity contribution < 1.29 is 32.7 Å². The minimum absolute atomic E-state index is 0.0141. The predicted molar refractivity (Wildman–Crippen MR) is 148 cm³/mol. The highest BCUT2D eigenvalue weighted by molar-refractivity contribution is 7.91. The number of nitrogens with one attached hydrogen (secondary N) is 2. The first-order valence-electron chi connectivity index (χ1n) is 12.4. The average molecular weight is 567 g/mol. The van der Waals surface area contributed by atoms with Crippen LogP contribution >= 0.6 is 0 Å². The van der Waals surface area contributed by atoms with Crippen LogP contribution in [0.15, 0.2) is 71.9 Å². The van der Waals surface area contributed by atoms with Gasteiger partial charge in [0.15, 0.2) is 5.37 Å². The molecule has 0 aliphatic carbocycles. The van der Waals surface area contributed by atoms with Gasteiger partial charge in [-0.25, -0.2) is 13.9 Å². The Morgan fingerprint density at radius 2 is 1.88 bits per heavy atom. The largest absolute Gasteiger partial charge is 0.497 e. The minimum atomic E-state index is -4.06. The van der Waals surface area contributed by atoms with Crippen molar-refractivity contribution in [3.8, 4) is 5.75 Å². The van der Waals surface area contributed by atoms with Crippen LogP contribution in [0, 0.1) is 6.92 Å². The number of benzene rings is 2. The maximum Gasteiger partial charge on any atom is 0.276 e. The molecule has 11 nitrogen and oxygen atoms in total. The van der Waals surface area contributed by atoms with Crippen molar-refractivity contribution in [1.82, 2.24) is 15.4 Å². The van der Waals surface area contributed by atoms with Gasteiger partial charge < -0.3 is 19.7 Å². The summed E-state index contributed by atoms with van der Waals surface area (Å²) in [6.45, 7) is 3.61. The lowest BCUT2D eigenvalue weighted by Crippen LogP contribution is -2.39. The third kappa shape index (κ3) is 6.47. The Morgan fingerprint density at radius 1 is 1.15 bits per heavy atom. The van der Waals surface area contributed by atoms with E-state index in [0.717, 1.165) is 0 Å². The summed E-state index contributed by atoms with van der Waals surface area (Å²) in [4.78, 5) is 31.1. The van der Waals surface area contributed by atoms with Gasteiger partial charge in [-0.2, -0.15) is 0 Å². The average Bonchev–Trinajstić information content (AvgIpc) is 2.99. The van der Waals surface area contributed by atoms with E-state index < -0.39 is 21.1 Å². The monoisotopic (exact) mass is 566 g/mol. The van der Waals surface area contributed by atoms with Crippen LogP contribution in [0.1, 0.15) is 32.4 Å². The van der Waals surface area contributed by atoms with E-state index in [4.69, 9.17) is 9.47 Å². The van der Waals surface area contributed by atoms with Gasteiger partial charge in [-0.05, 0) is 66.6 Å². The molecule has 0 spiro atoms. The Hall–Kier alpha value is -4.26. The molecule has 1 aliphatic heterocycles. The van der Waals surface area contributed by atoms with Crippen molar-refractivity contribution >= 4 is 33.4 Å². The highest BCUT2D eigenvalue weighted by atomic mass is 32.2. The summed E-state index contributed by atoms with van der Waals surface area (Å²) in [5.74, 6) is -0.552. The van der Waals surface area contributed by atoms with Crippen LogP contribution in [0.3, 0.4) is 0 Å². The quantitative estimate of drug-likeness (QED) is 0.202. The zero-order chi connectivity index (χ0) is 28.7. The van der Waals surface area contributed by atoms with E-state index >= 15 is 0 Å². The number of hydrogen-bond acceptors (Lipinski definition) is 9. The van der Waals surface area contributed by atoms with Crippen LogP contribution in [0.4, 0.5) is 5.69 Å². The standard InChI is InChI=1S/C28H30N4O7S/c1-19-16-20(5-10-25(33)32-12-14-39-15-13-32)17-24(27(34)31-35)26(19)30-28(21-4-3-11-29-18-21)40(36,37)23-8-6-22(38-2)7-9-23/h3-11,16-18,28,30,35H,12-15H2,1-2H3,(H,31,34). The Labute approximate surface area is 232 Å². The number of amides is 2. The maximum absolute atomic E-state index is 13.9. The molecular formula is C28H30N4O7S. The molecule has 1 aliphatic rings. The predicted octanol–water partition coefficient (Wildman–Crippen LogP) is 2.97. The number of hydroxylamine groups is 1. The molecule has 1 unspecified atom stereocenters. The van der Waals surface area contributed by atoms with E-state index in [9.17, 15) is 23.2 Å². The van der Waals surface area contributed by atoms with Gasteiger partial charge in [-0.1, -0.05) is 6.07 Å². The molecule has 0 radical (unpaired) electrons. The molecule has 1 fully saturated rings. The molecule has 2 aromatic carbocycles. The molecule has 40 heavy (non-hydrogen) atoms. The van der Waals surface area contributed by atoms with Crippen molar-refractivity contribution in [3.63, 3.8) is 0 Å². The fraction of sp³-hybridized carbons (Fsp3) is 0.250. The highest BCUT2D eigenvalue weighted by Crippen LogP contribution is 2.34. The zero-order valence-corrected chi connectivity index (χ0v) is 22.8. The number of pyridine rings is 1. The van der Waals surface area contributed by atoms with Crippen molar-refractivity contribution in [3.05, 3.63) is 89.3 Å². The second-order valence-corrected chi connectivity index (χ2v) is 11.0. The summed E-state index contributed by atoms with van der Waals surface area (Å²) in [6.07, 6.45) is 5.92. The first-order valence-corrected chi connectivity index (χ1v) is 14.0. The number of anilines is 1. The Bertz CT molecular complexity index is 1490. The number of aryl methyl sites for hydroxylation is 1. The third-order valence-corrected chi connectivity index (χ3v) is 8.35. The summed E-state index contributed by atoms with van der Waals surface area (Å²) in [5.41, 5.74) is 3.16. The Kier molecular flexibility index (Phi) is 9.15. The van der Waals surface area contributed by atoms with E-state index in [2.05, 4.69) is 10.3 Å². The third-order valence-electron chi connectivity index (χ3n) is 6.41. The van der Waals surface area contributed by atoms with Crippen LogP contribution in [-0.4, -0.2) is 68.7 Å². The summed E-state index contributed by atoms with van der Waals surface area (Å²) < 4.78 is 38.1. The van der Waals surface area contributed by atoms with E-state index in [0.29, 0.717) is 48.7 Å². The summed E-state index contributed by atoms with van der Waals surface area (Å²) in [6, 6.07) is 12.4. The van der Waals surface area contributed by atoms with Crippen LogP contribution in [-0.2, 0) is 19.4 Å². The Morgan fingerprint density at radius 3 is 2.50 bits per heavy atom. The molecule has 2 amide bonds. The number of carbonyl (C=O) groups excluding carboxylic acids is 2. The van der Waals surface area contributed by atoms with Crippen molar-refractivity contribution in [2.75, 3.05) is 38.7 Å². The van der Waals surface area contributed by atoms with E-state index in [1.807, 2.05) is 0 Å². The molecule has 12 heteroatoms. The second-order valence-electron chi connectivity index (χ2n) is 9.00. The van der Waals surface area contributed by atoms with Gasteiger partial charge in [0.2, 0.25) is 15.7 Å². The summed E-state index contributed by atoms with van der Waals surface area (Å²) in [7, 11) is -2.58. The first-order chi connectivity index (χ1) is 19.2. The summed E-state index contributed by atoms with van der Waals surface area (Å²) in [5, 5.41) is 11.1. The van der Waals surface area contributed by atoms with Gasteiger partial charge in [0.05, 0.1) is 36.5 Å². The van der Waals surface area contributed by atoms with E-state index in [1.165, 1.54) is 43.8 Å². The number of methoxy groups -OCH3 is 1. The minimum Gasteiger partial charge on any atom is -0.497 e. The highest BCUT2D eigenvalue weighted by Gasteiger charge is 2.31. The number of hydrogen-bond donors (Lipinski definition) is 3. The van der Waals surface area contributed by atoms with Gasteiger partial charge in [-0.3, -0.25) is 19.8 Å². The lowest BCUT2D eigenvalue weighted by molar-refractivity contribution is -0.129. The number of morpholine rings is 1. The number of sulfone groups is 1. The van der Waals surface area contributed by atoms with Gasteiger partial charge in [0.25, 0.3) is 5.91 Å². The molecule has 3 N–H and O–H groups in total. The molecule has 0 saturated carbocycles. The molecule has 1 atom stereocenters. The topological polar surface area (TPSA) is 147 Å². The Balaban J connectivity index is 1.73. The van der Waals surface area contributed by atoms with Crippen LogP contribution in [0.5, 0.6) is 5.75 Å². The number of ether oxygens (including phenoxy) is 2. The van der Waals surface area contributed by atoms with Crippen LogP contribution in [0.25, 0.3) is 6.08 Å². The van der Waals surface area contributed by atoms with E-state index in [-0.39, 0.29) is 22.1 Å². The molecular weight excluding hydrogens is 536 g/mol. The fourth-order valence-corrected chi connectivity index (χ4v) is 5.86. The van der Waals surface area contributed by atoms with E-state index in [1.54, 1.807) is 53.7 Å². The van der Waals surface area contributed by atoms with Gasteiger partial charge in [-0.15, -0.1) is 0 Å². The SMILES string of the molecule is COc1ccc(S(=O)(=O)C(Nc2c(C)cc(C=CC(=O)N3CCOCC3)cc2C(=O)NO)c2cccnc2)cc1. The molecule has 1 aromatic heterocycles. The number of aromatic nitrogens is 1. The number of nitrogens with zero attached hydrogens (tertiary/aromatic N) is 2. The molecule has 0 bridgehead atoms. The number of carbonyl (C=O) groups is 2. The zero-order valence-electron chi connectivity index (χ0n) is 22.0. The molecule has 210 valence electrons. The number of rotatable bonds is 9. The lowest BCUT2D eigenvalue weighted by atomic mass is 10.0. The molecule has 4 rings (SSSR count). The van der Waals surface area contributed by atoms with Gasteiger partial charge >= 0.3 is 0 Å². The fourth-order valence-electron chi connectivity index (χ4n) is 4.30. The van der Waals surface area contributed by atoms with Crippen LogP contribution < -0.4 is 15.5 Å². The van der Waals surface area contributed by atoms with Crippen molar-refractivity contribution in [2.24, 2.45) is 0 Å².